The molecule has 0 aliphatic carbocycles. The molecule has 3 aromatic carbocycles. The van der Waals surface area contributed by atoms with Crippen LogP contribution >= 0.6 is 7.60 Å². The zero-order valence-corrected chi connectivity index (χ0v) is 20.3. The van der Waals surface area contributed by atoms with E-state index in [0.29, 0.717) is 17.1 Å². The van der Waals surface area contributed by atoms with Gasteiger partial charge in [0.2, 0.25) is 5.91 Å². The fraction of sp³-hybridized carbons (Fsp3) is 0.115. The highest BCUT2D eigenvalue weighted by molar-refractivity contribution is 7.55. The highest BCUT2D eigenvalue weighted by Crippen LogP contribution is 2.58. The molecule has 36 heavy (non-hydrogen) atoms. The molecule has 1 amide bonds. The van der Waals surface area contributed by atoms with E-state index in [0.717, 1.165) is 4.57 Å². The van der Waals surface area contributed by atoms with E-state index < -0.39 is 37.1 Å². The molecule has 4 rings (SSSR count). The molecule has 0 aliphatic rings. The van der Waals surface area contributed by atoms with E-state index in [4.69, 9.17) is 9.05 Å². The van der Waals surface area contributed by atoms with Gasteiger partial charge in [-0.1, -0.05) is 66.7 Å². The third-order valence-corrected chi connectivity index (χ3v) is 7.17. The average molecular weight is 505 g/mol. The molecule has 1 atom stereocenters. The zero-order chi connectivity index (χ0) is 25.5. The van der Waals surface area contributed by atoms with Crippen molar-refractivity contribution in [3.63, 3.8) is 0 Å². The molecule has 9 nitrogen and oxygen atoms in total. The molecule has 4 aromatic rings. The first-order valence-corrected chi connectivity index (χ1v) is 12.7. The van der Waals surface area contributed by atoms with Crippen LogP contribution in [0.5, 0.6) is 11.5 Å². The van der Waals surface area contributed by atoms with Gasteiger partial charge >= 0.3 is 13.3 Å². The van der Waals surface area contributed by atoms with Crippen LogP contribution in [0.4, 0.5) is 0 Å². The predicted molar refractivity (Wildman–Crippen MR) is 135 cm³/mol. The minimum atomic E-state index is -4.16. The Labute approximate surface area is 206 Å². The van der Waals surface area contributed by atoms with Gasteiger partial charge in [-0.25, -0.2) is 9.36 Å². The van der Waals surface area contributed by atoms with Crippen molar-refractivity contribution in [3.8, 4) is 11.5 Å². The number of benzene rings is 3. The van der Waals surface area contributed by atoms with E-state index in [1.807, 2.05) is 0 Å². The molecule has 184 valence electrons. The molecule has 0 aliphatic heterocycles. The van der Waals surface area contributed by atoms with Gasteiger partial charge in [0.25, 0.3) is 5.56 Å². The maximum Gasteiger partial charge on any atom is 0.457 e. The summed E-state index contributed by atoms with van der Waals surface area (Å²) in [5.41, 5.74) is -0.518. The molecular formula is C26H24N3O6P. The summed E-state index contributed by atoms with van der Waals surface area (Å²) in [6.07, 6.45) is 1.29. The number of carbonyl (C=O) groups excluding carboxylic acids is 1. The van der Waals surface area contributed by atoms with Crippen LogP contribution in [0, 0.1) is 6.92 Å². The van der Waals surface area contributed by atoms with E-state index in [2.05, 4.69) is 10.3 Å². The lowest BCUT2D eigenvalue weighted by Crippen LogP contribution is -2.38. The average Bonchev–Trinajstić information content (AvgIpc) is 2.87. The summed E-state index contributed by atoms with van der Waals surface area (Å²) in [4.78, 5) is 39.1. The summed E-state index contributed by atoms with van der Waals surface area (Å²) in [6, 6.07) is 25.6. The molecule has 0 fully saturated rings. The van der Waals surface area contributed by atoms with Gasteiger partial charge in [0.15, 0.2) is 5.78 Å². The Morgan fingerprint density at radius 1 is 0.889 bits per heavy atom. The fourth-order valence-electron chi connectivity index (χ4n) is 3.45. The topological polar surface area (TPSA) is 119 Å². The molecule has 0 bridgehead atoms. The van der Waals surface area contributed by atoms with Gasteiger partial charge in [0.05, 0.1) is 0 Å². The van der Waals surface area contributed by atoms with Gasteiger partial charge in [-0.2, -0.15) is 0 Å². The van der Waals surface area contributed by atoms with Crippen LogP contribution in [-0.4, -0.2) is 15.5 Å². The molecular weight excluding hydrogens is 481 g/mol. The highest BCUT2D eigenvalue weighted by Gasteiger charge is 2.42. The van der Waals surface area contributed by atoms with Crippen LogP contribution in [0.2, 0.25) is 0 Å². The van der Waals surface area contributed by atoms with Crippen LogP contribution in [0.25, 0.3) is 0 Å². The lowest BCUT2D eigenvalue weighted by molar-refractivity contribution is -0.122. The summed E-state index contributed by atoms with van der Waals surface area (Å²) in [5, 5.41) is 2.72. The number of amides is 1. The predicted octanol–water partition coefficient (Wildman–Crippen LogP) is 4.01. The number of aromatic amines is 1. The second-order valence-electron chi connectivity index (χ2n) is 7.93. The number of nitrogens with zero attached hydrogens (tertiary/aromatic N) is 1. The van der Waals surface area contributed by atoms with Gasteiger partial charge in [-0.3, -0.25) is 19.1 Å². The van der Waals surface area contributed by atoms with E-state index in [1.54, 1.807) is 91.0 Å². The van der Waals surface area contributed by atoms with Crippen LogP contribution in [0.3, 0.4) is 0 Å². The zero-order valence-electron chi connectivity index (χ0n) is 19.4. The Balaban J connectivity index is 1.72. The second-order valence-corrected chi connectivity index (χ2v) is 9.89. The van der Waals surface area contributed by atoms with Crippen LogP contribution in [-0.2, 0) is 15.9 Å². The van der Waals surface area contributed by atoms with Crippen molar-refractivity contribution in [2.45, 2.75) is 19.3 Å². The molecule has 2 N–H and O–H groups in total. The van der Waals surface area contributed by atoms with Gasteiger partial charge < -0.3 is 14.4 Å². The monoisotopic (exact) mass is 505 g/mol. The summed E-state index contributed by atoms with van der Waals surface area (Å²) >= 11 is 0. The summed E-state index contributed by atoms with van der Waals surface area (Å²) in [5.74, 6) is -1.27. The van der Waals surface area contributed by atoms with Crippen LogP contribution in [0.15, 0.2) is 107 Å². The molecule has 1 unspecified atom stereocenters. The van der Waals surface area contributed by atoms with E-state index in [1.165, 1.54) is 13.1 Å². The Hall–Kier alpha value is -4.36. The molecule has 1 aromatic heterocycles. The molecule has 0 radical (unpaired) electrons. The first-order valence-electron chi connectivity index (χ1n) is 11.1. The Morgan fingerprint density at radius 3 is 1.92 bits per heavy atom. The Morgan fingerprint density at radius 2 is 1.39 bits per heavy atom. The Kier molecular flexibility index (Phi) is 7.51. The molecule has 1 heterocycles. The highest BCUT2D eigenvalue weighted by atomic mass is 31.2. The molecule has 10 heteroatoms. The number of nitrogens with one attached hydrogen (secondary N) is 2. The van der Waals surface area contributed by atoms with E-state index in [9.17, 15) is 18.9 Å². The fourth-order valence-corrected chi connectivity index (χ4v) is 5.37. The van der Waals surface area contributed by atoms with Crippen molar-refractivity contribution < 1.29 is 18.4 Å². The number of aromatic nitrogens is 2. The first kappa shape index (κ1) is 24.8. The minimum Gasteiger partial charge on any atom is -0.414 e. The molecule has 0 saturated carbocycles. The number of aryl methyl sites for hydroxylation is 1. The first-order chi connectivity index (χ1) is 17.3. The quantitative estimate of drug-likeness (QED) is 0.332. The van der Waals surface area contributed by atoms with Crippen molar-refractivity contribution in [1.29, 1.82) is 0 Å². The Bertz CT molecular complexity index is 1440. The van der Waals surface area contributed by atoms with Crippen molar-refractivity contribution in [2.75, 3.05) is 0 Å². The van der Waals surface area contributed by atoms with E-state index in [-0.39, 0.29) is 5.56 Å². The summed E-state index contributed by atoms with van der Waals surface area (Å²) < 4.78 is 27.4. The number of H-pyrrole nitrogens is 1. The second kappa shape index (κ2) is 10.9. The summed E-state index contributed by atoms with van der Waals surface area (Å²) in [7, 11) is -4.16. The maximum absolute atomic E-state index is 14.4. The number of hydrogen-bond donors (Lipinski definition) is 2. The van der Waals surface area contributed by atoms with Gasteiger partial charge in [-0.05, 0) is 36.8 Å². The lowest BCUT2D eigenvalue weighted by atomic mass is 10.2. The van der Waals surface area contributed by atoms with Crippen molar-refractivity contribution in [1.82, 2.24) is 14.9 Å². The minimum absolute atomic E-state index is 0.271. The maximum atomic E-state index is 14.4. The van der Waals surface area contributed by atoms with Crippen LogP contribution in [0.1, 0.15) is 16.9 Å². The van der Waals surface area contributed by atoms with Crippen LogP contribution < -0.4 is 25.6 Å². The van der Waals surface area contributed by atoms with Gasteiger partial charge in [-0.15, -0.1) is 0 Å². The largest absolute Gasteiger partial charge is 0.457 e. The smallest absolute Gasteiger partial charge is 0.414 e. The SMILES string of the molecule is Cc1cn(CC(=O)NC(c2ccccc2)P(=O)(Oc2ccccc2)Oc2ccccc2)c(=O)[nH]c1=O. The number of rotatable bonds is 9. The van der Waals surface area contributed by atoms with Gasteiger partial charge in [0, 0.05) is 11.8 Å². The number of para-hydroxylation sites is 2. The third kappa shape index (κ3) is 6.00. The summed E-state index contributed by atoms with van der Waals surface area (Å²) in [6.45, 7) is 1.10. The molecule has 0 spiro atoms. The van der Waals surface area contributed by atoms with Crippen molar-refractivity contribution in [2.24, 2.45) is 0 Å². The number of hydrogen-bond acceptors (Lipinski definition) is 6. The molecule has 0 saturated heterocycles. The third-order valence-electron chi connectivity index (χ3n) is 5.18. The number of carbonyl (C=O) groups is 1. The van der Waals surface area contributed by atoms with Crippen molar-refractivity contribution >= 4 is 13.5 Å². The lowest BCUT2D eigenvalue weighted by Gasteiger charge is -2.28. The van der Waals surface area contributed by atoms with E-state index >= 15 is 0 Å². The standard InChI is InChI=1S/C26H24N3O6P/c1-19-17-29(26(32)28-24(19)31)18-23(30)27-25(20-11-5-2-6-12-20)36(33,34-21-13-7-3-8-14-21)35-22-15-9-4-10-16-22/h2-17,25H,18H2,1H3,(H,27,30)(H,28,31,32). The van der Waals surface area contributed by atoms with Gasteiger partial charge in [0.1, 0.15) is 18.0 Å². The van der Waals surface area contributed by atoms with Crippen molar-refractivity contribution in [3.05, 3.63) is 129 Å². The normalized spacial score (nSPS) is 11.9.